The molecule has 0 bridgehead atoms. The molecular formula is C27H22F3N5O5S. The molecule has 212 valence electrons. The second-order valence-corrected chi connectivity index (χ2v) is 9.83. The summed E-state index contributed by atoms with van der Waals surface area (Å²) in [5.74, 6) is -0.535. The number of para-hydroxylation sites is 2. The number of hydrogen-bond donors (Lipinski definition) is 2. The van der Waals surface area contributed by atoms with E-state index in [-0.39, 0.29) is 38.7 Å². The van der Waals surface area contributed by atoms with Gasteiger partial charge in [-0.25, -0.2) is 4.98 Å². The number of halogens is 3. The van der Waals surface area contributed by atoms with E-state index in [4.69, 9.17) is 19.6 Å². The van der Waals surface area contributed by atoms with Crippen molar-refractivity contribution in [2.24, 2.45) is 12.8 Å². The van der Waals surface area contributed by atoms with Crippen LogP contribution in [0.4, 0.5) is 18.9 Å². The molecule has 0 aliphatic heterocycles. The molecule has 0 unspecified atom stereocenters. The normalized spacial score (nSPS) is 11.6. The van der Waals surface area contributed by atoms with Crippen LogP contribution in [0, 0.1) is 6.92 Å². The summed E-state index contributed by atoms with van der Waals surface area (Å²) in [5.41, 5.74) is 5.33. The lowest BCUT2D eigenvalue weighted by molar-refractivity contribution is -0.140. The topological polar surface area (TPSA) is 134 Å². The summed E-state index contributed by atoms with van der Waals surface area (Å²) in [6, 6.07) is 10.8. The van der Waals surface area contributed by atoms with E-state index in [9.17, 15) is 22.8 Å². The lowest BCUT2D eigenvalue weighted by Crippen LogP contribution is -2.16. The van der Waals surface area contributed by atoms with Gasteiger partial charge in [0.05, 0.1) is 19.0 Å². The van der Waals surface area contributed by atoms with Crippen LogP contribution in [-0.2, 0) is 19.8 Å². The standard InChI is InChI=1S/C27H22F3N5O5S/c1-13-16(11-32-35(13)2)15-10-20(27(28,29)30)33-26-21(15)22(23(41-26)24(31)36)34-25(37)19-9-8-14(40-19)12-39-18-7-5-4-6-17(18)38-3/h4-11H,12H2,1-3H3,(H2,31,36)(H,34,37). The number of primary amides is 1. The molecule has 5 aromatic rings. The van der Waals surface area contributed by atoms with Crippen molar-refractivity contribution < 1.29 is 36.7 Å². The van der Waals surface area contributed by atoms with Gasteiger partial charge in [-0.15, -0.1) is 11.3 Å². The second kappa shape index (κ2) is 10.6. The fourth-order valence-corrected chi connectivity index (χ4v) is 5.16. The summed E-state index contributed by atoms with van der Waals surface area (Å²) in [5, 5.41) is 6.85. The van der Waals surface area contributed by atoms with Gasteiger partial charge in [0.1, 0.15) is 27.8 Å². The van der Waals surface area contributed by atoms with Gasteiger partial charge in [0.2, 0.25) is 0 Å². The second-order valence-electron chi connectivity index (χ2n) is 8.83. The van der Waals surface area contributed by atoms with Gasteiger partial charge in [0.25, 0.3) is 11.8 Å². The highest BCUT2D eigenvalue weighted by Gasteiger charge is 2.35. The number of aromatic nitrogens is 3. The lowest BCUT2D eigenvalue weighted by atomic mass is 10.0. The number of aryl methyl sites for hydroxylation is 1. The Balaban J connectivity index is 1.52. The Bertz CT molecular complexity index is 1790. The average molecular weight is 586 g/mol. The molecule has 3 N–H and O–H groups in total. The molecule has 0 aliphatic carbocycles. The van der Waals surface area contributed by atoms with Crippen LogP contribution < -0.4 is 20.5 Å². The van der Waals surface area contributed by atoms with E-state index in [0.29, 0.717) is 39.9 Å². The predicted octanol–water partition coefficient (Wildman–Crippen LogP) is 5.56. The smallest absolute Gasteiger partial charge is 0.433 e. The number of pyridine rings is 1. The Morgan fingerprint density at radius 3 is 2.51 bits per heavy atom. The van der Waals surface area contributed by atoms with E-state index >= 15 is 0 Å². The molecular weight excluding hydrogens is 563 g/mol. The third-order valence-electron chi connectivity index (χ3n) is 6.26. The van der Waals surface area contributed by atoms with Crippen molar-refractivity contribution in [3.05, 3.63) is 76.4 Å². The number of alkyl halides is 3. The number of nitrogens with two attached hydrogens (primary N) is 1. The summed E-state index contributed by atoms with van der Waals surface area (Å²) in [4.78, 5) is 29.0. The monoisotopic (exact) mass is 585 g/mol. The Hall–Kier alpha value is -4.85. The molecule has 2 amide bonds. The first-order valence-electron chi connectivity index (χ1n) is 12.0. The molecule has 4 heterocycles. The Labute approximate surface area is 234 Å². The van der Waals surface area contributed by atoms with Crippen LogP contribution in [0.5, 0.6) is 11.5 Å². The highest BCUT2D eigenvalue weighted by molar-refractivity contribution is 7.21. The molecule has 10 nitrogen and oxygen atoms in total. The average Bonchev–Trinajstić information content (AvgIpc) is 3.64. The number of fused-ring (bicyclic) bond motifs is 1. The first-order valence-corrected chi connectivity index (χ1v) is 12.8. The predicted molar refractivity (Wildman–Crippen MR) is 144 cm³/mol. The van der Waals surface area contributed by atoms with Gasteiger partial charge in [-0.3, -0.25) is 14.3 Å². The number of nitrogens with zero attached hydrogens (tertiary/aromatic N) is 3. The maximum absolute atomic E-state index is 13.8. The van der Waals surface area contributed by atoms with Crippen LogP contribution >= 0.6 is 11.3 Å². The minimum absolute atomic E-state index is 0.0177. The summed E-state index contributed by atoms with van der Waals surface area (Å²) in [6.45, 7) is 1.66. The van der Waals surface area contributed by atoms with E-state index in [1.807, 2.05) is 0 Å². The number of furan rings is 1. The number of hydrogen-bond acceptors (Lipinski definition) is 8. The maximum Gasteiger partial charge on any atom is 0.433 e. The van der Waals surface area contributed by atoms with E-state index in [2.05, 4.69) is 15.4 Å². The lowest BCUT2D eigenvalue weighted by Gasteiger charge is -2.12. The van der Waals surface area contributed by atoms with Gasteiger partial charge < -0.3 is 24.9 Å². The number of methoxy groups -OCH3 is 1. The molecule has 0 radical (unpaired) electrons. The van der Waals surface area contributed by atoms with Crippen molar-refractivity contribution in [2.45, 2.75) is 19.7 Å². The zero-order chi connectivity index (χ0) is 29.5. The molecule has 4 aromatic heterocycles. The van der Waals surface area contributed by atoms with Gasteiger partial charge in [-0.1, -0.05) is 12.1 Å². The van der Waals surface area contributed by atoms with Gasteiger partial charge in [-0.2, -0.15) is 18.3 Å². The number of nitrogens with one attached hydrogen (secondary N) is 1. The molecule has 0 spiro atoms. The van der Waals surface area contributed by atoms with E-state index in [1.165, 1.54) is 30.1 Å². The Kier molecular flexibility index (Phi) is 7.17. The van der Waals surface area contributed by atoms with E-state index < -0.39 is 23.7 Å². The molecule has 14 heteroatoms. The van der Waals surface area contributed by atoms with Crippen LogP contribution in [0.25, 0.3) is 21.3 Å². The fraction of sp³-hybridized carbons (Fsp3) is 0.185. The largest absolute Gasteiger partial charge is 0.493 e. The van der Waals surface area contributed by atoms with Gasteiger partial charge >= 0.3 is 6.18 Å². The van der Waals surface area contributed by atoms with Crippen LogP contribution in [-0.4, -0.2) is 33.7 Å². The zero-order valence-electron chi connectivity index (χ0n) is 21.8. The molecule has 41 heavy (non-hydrogen) atoms. The first kappa shape index (κ1) is 27.7. The zero-order valence-corrected chi connectivity index (χ0v) is 22.6. The number of carbonyl (C=O) groups is 2. The van der Waals surface area contributed by atoms with Gasteiger partial charge in [0.15, 0.2) is 17.3 Å². The highest BCUT2D eigenvalue weighted by Crippen LogP contribution is 2.44. The minimum atomic E-state index is -4.77. The summed E-state index contributed by atoms with van der Waals surface area (Å²) in [6.07, 6.45) is -3.37. The van der Waals surface area contributed by atoms with Crippen molar-refractivity contribution in [2.75, 3.05) is 12.4 Å². The van der Waals surface area contributed by atoms with Gasteiger partial charge in [0, 0.05) is 23.7 Å². The van der Waals surface area contributed by atoms with E-state index in [0.717, 1.165) is 6.07 Å². The fourth-order valence-electron chi connectivity index (χ4n) is 4.15. The molecule has 0 saturated heterocycles. The SMILES string of the molecule is COc1ccccc1OCc1ccc(C(=O)Nc2c(C(N)=O)sc3nc(C(F)(F)F)cc(-c4cnn(C)c4C)c23)o1. The quantitative estimate of drug-likeness (QED) is 0.244. The van der Waals surface area contributed by atoms with Gasteiger partial charge in [-0.05, 0) is 42.8 Å². The highest BCUT2D eigenvalue weighted by atomic mass is 32.1. The Morgan fingerprint density at radius 1 is 1.15 bits per heavy atom. The minimum Gasteiger partial charge on any atom is -0.493 e. The molecule has 0 fully saturated rings. The number of amides is 2. The van der Waals surface area contributed by atoms with Crippen LogP contribution in [0.2, 0.25) is 0 Å². The van der Waals surface area contributed by atoms with Crippen molar-refractivity contribution in [3.8, 4) is 22.6 Å². The summed E-state index contributed by atoms with van der Waals surface area (Å²) < 4.78 is 59.4. The van der Waals surface area contributed by atoms with Crippen LogP contribution in [0.1, 0.15) is 37.4 Å². The first-order chi connectivity index (χ1) is 19.5. The number of rotatable bonds is 8. The third kappa shape index (κ3) is 5.33. The third-order valence-corrected chi connectivity index (χ3v) is 7.36. The number of carbonyl (C=O) groups excluding carboxylic acids is 2. The van der Waals surface area contributed by atoms with Crippen molar-refractivity contribution in [1.82, 2.24) is 14.8 Å². The molecule has 0 saturated carbocycles. The summed E-state index contributed by atoms with van der Waals surface area (Å²) >= 11 is 0.645. The number of ether oxygens (including phenoxy) is 2. The summed E-state index contributed by atoms with van der Waals surface area (Å²) in [7, 11) is 3.14. The van der Waals surface area contributed by atoms with Crippen molar-refractivity contribution >= 4 is 39.1 Å². The Morgan fingerprint density at radius 2 is 1.88 bits per heavy atom. The molecule has 1 aromatic carbocycles. The number of thiophene rings is 1. The van der Waals surface area contributed by atoms with Crippen molar-refractivity contribution in [1.29, 1.82) is 0 Å². The van der Waals surface area contributed by atoms with Crippen molar-refractivity contribution in [3.63, 3.8) is 0 Å². The maximum atomic E-state index is 13.8. The molecule has 5 rings (SSSR count). The van der Waals surface area contributed by atoms with Crippen LogP contribution in [0.3, 0.4) is 0 Å². The number of anilines is 1. The number of benzene rings is 1. The molecule has 0 aliphatic rings. The molecule has 0 atom stereocenters. The van der Waals surface area contributed by atoms with E-state index in [1.54, 1.807) is 38.2 Å². The van der Waals surface area contributed by atoms with Crippen LogP contribution in [0.15, 0.2) is 53.1 Å².